The van der Waals surface area contributed by atoms with E-state index in [2.05, 4.69) is 0 Å². The van der Waals surface area contributed by atoms with Crippen molar-refractivity contribution in [2.24, 2.45) is 17.3 Å². The summed E-state index contributed by atoms with van der Waals surface area (Å²) >= 11 is 11.4. The molecule has 0 bridgehead atoms. The van der Waals surface area contributed by atoms with Crippen molar-refractivity contribution in [1.29, 1.82) is 0 Å². The van der Waals surface area contributed by atoms with Gasteiger partial charge in [-0.2, -0.15) is 0 Å². The van der Waals surface area contributed by atoms with Crippen LogP contribution in [0.4, 0.5) is 4.39 Å². The van der Waals surface area contributed by atoms with Crippen molar-refractivity contribution in [3.63, 3.8) is 0 Å². The van der Waals surface area contributed by atoms with Crippen molar-refractivity contribution in [3.05, 3.63) is 70.5 Å². The van der Waals surface area contributed by atoms with Gasteiger partial charge < -0.3 is 9.47 Å². The molecule has 2 aromatic carbocycles. The Morgan fingerprint density at radius 1 is 1.15 bits per heavy atom. The van der Waals surface area contributed by atoms with Gasteiger partial charge in [-0.15, -0.1) is 0 Å². The van der Waals surface area contributed by atoms with Gasteiger partial charge in [-0.3, -0.25) is 4.79 Å². The molecule has 2 atom stereocenters. The Morgan fingerprint density at radius 3 is 2.52 bits per heavy atom. The molecular formula is C21H19Cl2FO3. The summed E-state index contributed by atoms with van der Waals surface area (Å²) in [6.45, 7) is 3.70. The molecule has 3 rings (SSSR count). The predicted octanol–water partition coefficient (Wildman–Crippen LogP) is 6.25. The van der Waals surface area contributed by atoms with E-state index in [0.29, 0.717) is 5.75 Å². The molecule has 0 radical (unpaired) electrons. The first-order valence-corrected chi connectivity index (χ1v) is 9.26. The first-order valence-electron chi connectivity index (χ1n) is 8.50. The molecule has 1 aliphatic carbocycles. The number of hydrogen-bond donors (Lipinski definition) is 0. The summed E-state index contributed by atoms with van der Waals surface area (Å²) in [5.74, 6) is -0.785. The Kier molecular flexibility index (Phi) is 5.78. The summed E-state index contributed by atoms with van der Waals surface area (Å²) in [6.07, 6.45) is 1.64. The molecule has 1 aliphatic rings. The highest BCUT2D eigenvalue weighted by atomic mass is 35.5. The molecule has 142 valence electrons. The standard InChI is InChI=1S/C21H19Cl2FO3/c1-21(2)15(11-17(22)23)18(21)20(25)26-12-13-7-6-10-16(19(13)24)27-14-8-4-3-5-9-14/h3-11,15,18H,12H2,1-2H3. The Morgan fingerprint density at radius 2 is 1.85 bits per heavy atom. The average Bonchev–Trinajstić information content (AvgIpc) is 3.15. The predicted molar refractivity (Wildman–Crippen MR) is 103 cm³/mol. The van der Waals surface area contributed by atoms with E-state index in [1.807, 2.05) is 19.9 Å². The van der Waals surface area contributed by atoms with E-state index in [1.165, 1.54) is 6.07 Å². The highest BCUT2D eigenvalue weighted by Gasteiger charge is 2.61. The molecule has 0 heterocycles. The fourth-order valence-corrected chi connectivity index (χ4v) is 3.45. The van der Waals surface area contributed by atoms with Gasteiger partial charge in [0.15, 0.2) is 11.6 Å². The molecule has 1 fully saturated rings. The van der Waals surface area contributed by atoms with E-state index in [9.17, 15) is 9.18 Å². The monoisotopic (exact) mass is 408 g/mol. The minimum Gasteiger partial charge on any atom is -0.460 e. The summed E-state index contributed by atoms with van der Waals surface area (Å²) in [5.41, 5.74) is -0.0409. The van der Waals surface area contributed by atoms with Crippen LogP contribution < -0.4 is 4.74 Å². The van der Waals surface area contributed by atoms with Crippen molar-refractivity contribution in [2.75, 3.05) is 0 Å². The van der Waals surface area contributed by atoms with Crippen LogP contribution in [0.15, 0.2) is 59.1 Å². The molecule has 0 amide bonds. The number of allylic oxidation sites excluding steroid dienone is 1. The number of carbonyl (C=O) groups excluding carboxylic acids is 1. The number of esters is 1. The largest absolute Gasteiger partial charge is 0.460 e. The fourth-order valence-electron chi connectivity index (χ4n) is 3.18. The minimum absolute atomic E-state index is 0.0798. The second-order valence-corrected chi connectivity index (χ2v) is 8.04. The topological polar surface area (TPSA) is 35.5 Å². The molecule has 0 aromatic heterocycles. The van der Waals surface area contributed by atoms with Crippen LogP contribution in [0.3, 0.4) is 0 Å². The van der Waals surface area contributed by atoms with Crippen LogP contribution >= 0.6 is 23.2 Å². The number of halogens is 3. The van der Waals surface area contributed by atoms with Crippen molar-refractivity contribution in [2.45, 2.75) is 20.5 Å². The van der Waals surface area contributed by atoms with Gasteiger partial charge >= 0.3 is 5.97 Å². The van der Waals surface area contributed by atoms with Crippen molar-refractivity contribution >= 4 is 29.2 Å². The molecule has 2 aromatic rings. The zero-order valence-corrected chi connectivity index (χ0v) is 16.4. The lowest BCUT2D eigenvalue weighted by Gasteiger charge is -2.11. The normalized spacial score (nSPS) is 19.9. The number of hydrogen-bond acceptors (Lipinski definition) is 3. The molecule has 1 saturated carbocycles. The van der Waals surface area contributed by atoms with Crippen LogP contribution in [0.5, 0.6) is 11.5 Å². The van der Waals surface area contributed by atoms with Crippen LogP contribution in [0.2, 0.25) is 0 Å². The van der Waals surface area contributed by atoms with Crippen molar-refractivity contribution < 1.29 is 18.7 Å². The van der Waals surface area contributed by atoms with Gasteiger partial charge in [-0.05, 0) is 35.6 Å². The number of benzene rings is 2. The first kappa shape index (κ1) is 19.7. The summed E-state index contributed by atoms with van der Waals surface area (Å²) in [7, 11) is 0. The summed E-state index contributed by atoms with van der Waals surface area (Å²) in [4.78, 5) is 12.4. The quantitative estimate of drug-likeness (QED) is 0.529. The van der Waals surface area contributed by atoms with Crippen LogP contribution in [0.25, 0.3) is 0 Å². The highest BCUT2D eigenvalue weighted by Crippen LogP contribution is 2.60. The average molecular weight is 409 g/mol. The molecule has 27 heavy (non-hydrogen) atoms. The van der Waals surface area contributed by atoms with Crippen LogP contribution in [0, 0.1) is 23.1 Å². The Hall–Kier alpha value is -2.04. The first-order chi connectivity index (χ1) is 12.8. The van der Waals surface area contributed by atoms with E-state index >= 15 is 0 Å². The molecule has 0 N–H and O–H groups in total. The summed E-state index contributed by atoms with van der Waals surface area (Å²) in [6, 6.07) is 13.7. The number of ether oxygens (including phenoxy) is 2. The Bertz CT molecular complexity index is 861. The lowest BCUT2D eigenvalue weighted by molar-refractivity contribution is -0.147. The van der Waals surface area contributed by atoms with Gasteiger partial charge in [0, 0.05) is 5.56 Å². The minimum atomic E-state index is -0.551. The lowest BCUT2D eigenvalue weighted by Crippen LogP contribution is -2.11. The van der Waals surface area contributed by atoms with E-state index < -0.39 is 11.8 Å². The molecular weight excluding hydrogens is 390 g/mol. The Labute approximate surface area is 167 Å². The maximum Gasteiger partial charge on any atom is 0.310 e. The van der Waals surface area contributed by atoms with Crippen molar-refractivity contribution in [3.8, 4) is 11.5 Å². The van der Waals surface area contributed by atoms with Gasteiger partial charge in [0.1, 0.15) is 16.8 Å². The molecule has 3 nitrogen and oxygen atoms in total. The zero-order valence-electron chi connectivity index (χ0n) is 14.9. The van der Waals surface area contributed by atoms with Crippen LogP contribution in [0.1, 0.15) is 19.4 Å². The van der Waals surface area contributed by atoms with Gasteiger partial charge in [0.05, 0.1) is 5.92 Å². The van der Waals surface area contributed by atoms with Gasteiger partial charge in [0.2, 0.25) is 0 Å². The second-order valence-electron chi connectivity index (χ2n) is 7.03. The maximum atomic E-state index is 14.7. The highest BCUT2D eigenvalue weighted by molar-refractivity contribution is 6.55. The number of carbonyl (C=O) groups is 1. The van der Waals surface area contributed by atoms with Gasteiger partial charge in [0.25, 0.3) is 0 Å². The van der Waals surface area contributed by atoms with Crippen molar-refractivity contribution in [1.82, 2.24) is 0 Å². The van der Waals surface area contributed by atoms with Crippen LogP contribution in [-0.4, -0.2) is 5.97 Å². The third-order valence-electron chi connectivity index (χ3n) is 4.85. The maximum absolute atomic E-state index is 14.7. The molecule has 0 saturated heterocycles. The molecule has 2 unspecified atom stereocenters. The van der Waals surface area contributed by atoms with E-state index in [0.717, 1.165) is 0 Å². The molecule has 6 heteroatoms. The Balaban J connectivity index is 1.66. The zero-order chi connectivity index (χ0) is 19.6. The number of rotatable bonds is 6. The number of para-hydroxylation sites is 1. The van der Waals surface area contributed by atoms with Gasteiger partial charge in [-0.1, -0.05) is 67.4 Å². The second kappa shape index (κ2) is 7.91. The van der Waals surface area contributed by atoms with E-state index in [4.69, 9.17) is 32.7 Å². The smallest absolute Gasteiger partial charge is 0.310 e. The summed E-state index contributed by atoms with van der Waals surface area (Å²) in [5, 5.41) is 0. The van der Waals surface area contributed by atoms with Crippen LogP contribution in [-0.2, 0) is 16.1 Å². The molecule has 0 spiro atoms. The third kappa shape index (κ3) is 4.45. The fraction of sp³-hybridized carbons (Fsp3) is 0.286. The van der Waals surface area contributed by atoms with E-state index in [-0.39, 0.29) is 39.7 Å². The summed E-state index contributed by atoms with van der Waals surface area (Å²) < 4.78 is 25.7. The SMILES string of the molecule is CC1(C)C(C=C(Cl)Cl)C1C(=O)OCc1cccc(Oc2ccccc2)c1F. The van der Waals surface area contributed by atoms with E-state index in [1.54, 1.807) is 42.5 Å². The lowest BCUT2D eigenvalue weighted by atomic mass is 10.1. The molecule has 0 aliphatic heterocycles. The third-order valence-corrected chi connectivity index (χ3v) is 5.11. The van der Waals surface area contributed by atoms with Gasteiger partial charge in [-0.25, -0.2) is 4.39 Å².